The van der Waals surface area contributed by atoms with Gasteiger partial charge in [-0.05, 0) is 36.8 Å². The van der Waals surface area contributed by atoms with E-state index in [0.717, 1.165) is 37.7 Å². The van der Waals surface area contributed by atoms with Gasteiger partial charge in [0.25, 0.3) is 0 Å². The maximum absolute atomic E-state index is 10.9. The Balaban J connectivity index is 1.73. The minimum absolute atomic E-state index is 0.347. The SMILES string of the molecule is OC1(Cc2ccccc2)C#CC(Cc2ccccc2)CCCC1. The van der Waals surface area contributed by atoms with Crippen molar-refractivity contribution in [2.24, 2.45) is 5.92 Å². The molecule has 1 nitrogen and oxygen atoms in total. The van der Waals surface area contributed by atoms with Crippen molar-refractivity contribution in [2.75, 3.05) is 0 Å². The van der Waals surface area contributed by atoms with Gasteiger partial charge in [-0.15, -0.1) is 0 Å². The molecule has 2 aromatic rings. The summed E-state index contributed by atoms with van der Waals surface area (Å²) in [5, 5.41) is 10.9. The minimum Gasteiger partial charge on any atom is -0.377 e. The third-order valence-electron chi connectivity index (χ3n) is 4.57. The topological polar surface area (TPSA) is 20.2 Å². The van der Waals surface area contributed by atoms with Crippen LogP contribution in [0.5, 0.6) is 0 Å². The summed E-state index contributed by atoms with van der Waals surface area (Å²) < 4.78 is 0. The van der Waals surface area contributed by atoms with Crippen LogP contribution >= 0.6 is 0 Å². The summed E-state index contributed by atoms with van der Waals surface area (Å²) in [6.07, 6.45) is 5.69. The maximum atomic E-state index is 10.9. The summed E-state index contributed by atoms with van der Waals surface area (Å²) in [5.41, 5.74) is 1.61. The van der Waals surface area contributed by atoms with Gasteiger partial charge < -0.3 is 5.11 Å². The molecule has 0 amide bonds. The fourth-order valence-electron chi connectivity index (χ4n) is 3.30. The lowest BCUT2D eigenvalue weighted by atomic mass is 9.84. The molecule has 0 fully saturated rings. The van der Waals surface area contributed by atoms with Gasteiger partial charge in [0.2, 0.25) is 0 Å². The molecule has 0 saturated carbocycles. The van der Waals surface area contributed by atoms with E-state index in [1.807, 2.05) is 24.3 Å². The molecule has 0 spiro atoms. The zero-order valence-corrected chi connectivity index (χ0v) is 13.5. The third-order valence-corrected chi connectivity index (χ3v) is 4.57. The van der Waals surface area contributed by atoms with Crippen LogP contribution in [-0.4, -0.2) is 10.7 Å². The molecule has 0 bridgehead atoms. The van der Waals surface area contributed by atoms with Gasteiger partial charge in [0.15, 0.2) is 0 Å². The van der Waals surface area contributed by atoms with E-state index in [4.69, 9.17) is 0 Å². The minimum atomic E-state index is -0.878. The predicted octanol–water partition coefficient (Wildman–Crippen LogP) is 4.40. The summed E-state index contributed by atoms with van der Waals surface area (Å²) in [5.74, 6) is 6.95. The first-order chi connectivity index (χ1) is 11.2. The highest BCUT2D eigenvalue weighted by Gasteiger charge is 2.26. The molecule has 3 rings (SSSR count). The van der Waals surface area contributed by atoms with Crippen LogP contribution in [-0.2, 0) is 12.8 Å². The Morgan fingerprint density at radius 1 is 0.913 bits per heavy atom. The molecule has 2 aromatic carbocycles. The van der Waals surface area contributed by atoms with Crippen LogP contribution in [0.3, 0.4) is 0 Å². The summed E-state index contributed by atoms with van der Waals surface area (Å²) in [6.45, 7) is 0. The fraction of sp³-hybridized carbons (Fsp3) is 0.364. The monoisotopic (exact) mass is 304 g/mol. The van der Waals surface area contributed by atoms with Crippen molar-refractivity contribution in [1.29, 1.82) is 0 Å². The summed E-state index contributed by atoms with van der Waals surface area (Å²) >= 11 is 0. The van der Waals surface area contributed by atoms with E-state index in [0.29, 0.717) is 12.3 Å². The highest BCUT2D eigenvalue weighted by atomic mass is 16.3. The van der Waals surface area contributed by atoms with Gasteiger partial charge in [-0.1, -0.05) is 78.9 Å². The summed E-state index contributed by atoms with van der Waals surface area (Å²) in [6, 6.07) is 20.7. The summed E-state index contributed by atoms with van der Waals surface area (Å²) in [7, 11) is 0. The molecule has 1 aliphatic rings. The van der Waals surface area contributed by atoms with Crippen molar-refractivity contribution in [1.82, 2.24) is 0 Å². The molecule has 1 N–H and O–H groups in total. The lowest BCUT2D eigenvalue weighted by Gasteiger charge is -2.25. The van der Waals surface area contributed by atoms with E-state index in [1.165, 1.54) is 5.56 Å². The molecule has 118 valence electrons. The maximum Gasteiger partial charge on any atom is 0.129 e. The molecule has 1 aliphatic carbocycles. The van der Waals surface area contributed by atoms with Crippen LogP contribution in [0.15, 0.2) is 60.7 Å². The first-order valence-corrected chi connectivity index (χ1v) is 8.56. The largest absolute Gasteiger partial charge is 0.377 e. The smallest absolute Gasteiger partial charge is 0.129 e. The van der Waals surface area contributed by atoms with Crippen LogP contribution in [0, 0.1) is 17.8 Å². The number of aliphatic hydroxyl groups is 1. The number of hydrogen-bond acceptors (Lipinski definition) is 1. The van der Waals surface area contributed by atoms with Crippen LogP contribution < -0.4 is 0 Å². The van der Waals surface area contributed by atoms with Crippen molar-refractivity contribution in [3.8, 4) is 11.8 Å². The molecular weight excluding hydrogens is 280 g/mol. The van der Waals surface area contributed by atoms with Gasteiger partial charge in [-0.25, -0.2) is 0 Å². The molecule has 2 atom stereocenters. The van der Waals surface area contributed by atoms with Crippen molar-refractivity contribution in [3.05, 3.63) is 71.8 Å². The zero-order valence-electron chi connectivity index (χ0n) is 13.5. The van der Waals surface area contributed by atoms with Crippen molar-refractivity contribution in [2.45, 2.75) is 44.1 Å². The molecule has 0 radical (unpaired) electrons. The second kappa shape index (κ2) is 7.49. The van der Waals surface area contributed by atoms with Crippen molar-refractivity contribution >= 4 is 0 Å². The molecule has 0 aliphatic heterocycles. The highest BCUT2D eigenvalue weighted by molar-refractivity contribution is 5.26. The van der Waals surface area contributed by atoms with E-state index >= 15 is 0 Å². The third kappa shape index (κ3) is 4.71. The Kier molecular flexibility index (Phi) is 5.16. The normalized spacial score (nSPS) is 24.1. The number of rotatable bonds is 4. The van der Waals surface area contributed by atoms with E-state index in [2.05, 4.69) is 48.2 Å². The standard InChI is InChI=1S/C22H24O/c23-22(18-21-12-5-2-6-13-21)15-8-7-11-20(14-16-22)17-19-9-3-1-4-10-19/h1-6,9-10,12-13,20,23H,7-8,11,15,17-18H2. The number of hydrogen-bond donors (Lipinski definition) is 1. The predicted molar refractivity (Wildman–Crippen MR) is 95.0 cm³/mol. The molecule has 2 unspecified atom stereocenters. The molecule has 0 aromatic heterocycles. The average Bonchev–Trinajstić information content (AvgIpc) is 2.57. The Labute approximate surface area is 139 Å². The quantitative estimate of drug-likeness (QED) is 0.830. The van der Waals surface area contributed by atoms with Gasteiger partial charge in [-0.3, -0.25) is 0 Å². The molecular formula is C22H24O. The first kappa shape index (κ1) is 15.8. The Bertz CT molecular complexity index is 665. The Morgan fingerprint density at radius 3 is 2.26 bits per heavy atom. The van der Waals surface area contributed by atoms with Crippen molar-refractivity contribution in [3.63, 3.8) is 0 Å². The lowest BCUT2D eigenvalue weighted by molar-refractivity contribution is 0.0872. The van der Waals surface area contributed by atoms with E-state index in [9.17, 15) is 5.11 Å². The van der Waals surface area contributed by atoms with Gasteiger partial charge in [0.1, 0.15) is 5.60 Å². The van der Waals surface area contributed by atoms with Crippen LogP contribution in [0.25, 0.3) is 0 Å². The van der Waals surface area contributed by atoms with Crippen LogP contribution in [0.2, 0.25) is 0 Å². The van der Waals surface area contributed by atoms with Crippen molar-refractivity contribution < 1.29 is 5.11 Å². The fourth-order valence-corrected chi connectivity index (χ4v) is 3.30. The van der Waals surface area contributed by atoms with Gasteiger partial charge >= 0.3 is 0 Å². The van der Waals surface area contributed by atoms with Crippen LogP contribution in [0.1, 0.15) is 36.8 Å². The summed E-state index contributed by atoms with van der Waals surface area (Å²) in [4.78, 5) is 0. The van der Waals surface area contributed by atoms with E-state index in [1.54, 1.807) is 0 Å². The Hall–Kier alpha value is -2.04. The first-order valence-electron chi connectivity index (χ1n) is 8.56. The number of benzene rings is 2. The second-order valence-corrected chi connectivity index (χ2v) is 6.60. The highest BCUT2D eigenvalue weighted by Crippen LogP contribution is 2.25. The molecule has 0 heterocycles. The van der Waals surface area contributed by atoms with E-state index < -0.39 is 5.60 Å². The van der Waals surface area contributed by atoms with Gasteiger partial charge in [0.05, 0.1) is 0 Å². The average molecular weight is 304 g/mol. The zero-order chi connectivity index (χ0) is 16.0. The van der Waals surface area contributed by atoms with E-state index in [-0.39, 0.29) is 0 Å². The lowest BCUT2D eigenvalue weighted by Crippen LogP contribution is -2.30. The molecule has 0 saturated heterocycles. The van der Waals surface area contributed by atoms with Gasteiger partial charge in [0, 0.05) is 12.3 Å². The molecule has 1 heteroatoms. The second-order valence-electron chi connectivity index (χ2n) is 6.60. The Morgan fingerprint density at radius 2 is 1.57 bits per heavy atom. The van der Waals surface area contributed by atoms with Crippen LogP contribution in [0.4, 0.5) is 0 Å². The van der Waals surface area contributed by atoms with Gasteiger partial charge in [-0.2, -0.15) is 0 Å². The molecule has 23 heavy (non-hydrogen) atoms.